The molecule has 1 fully saturated rings. The second kappa shape index (κ2) is 6.23. The van der Waals surface area contributed by atoms with Crippen LogP contribution in [0.3, 0.4) is 0 Å². The minimum absolute atomic E-state index is 0.895. The summed E-state index contributed by atoms with van der Waals surface area (Å²) < 4.78 is 1.98. The third-order valence-electron chi connectivity index (χ3n) is 4.30. The third-order valence-corrected chi connectivity index (χ3v) is 4.30. The lowest BCUT2D eigenvalue weighted by Crippen LogP contribution is -2.32. The van der Waals surface area contributed by atoms with Crippen LogP contribution >= 0.6 is 0 Å². The molecule has 0 amide bonds. The number of aryl methyl sites for hydroxylation is 1. The van der Waals surface area contributed by atoms with Gasteiger partial charge in [0, 0.05) is 32.9 Å². The van der Waals surface area contributed by atoms with E-state index in [0.717, 1.165) is 19.0 Å². The Hall–Kier alpha value is -1.61. The molecule has 1 aliphatic rings. The van der Waals surface area contributed by atoms with Crippen molar-refractivity contribution in [3.8, 4) is 0 Å². The van der Waals surface area contributed by atoms with Crippen molar-refractivity contribution < 1.29 is 0 Å². The Morgan fingerprint density at radius 2 is 1.95 bits per heavy atom. The van der Waals surface area contributed by atoms with Gasteiger partial charge in [-0.05, 0) is 30.4 Å². The molecule has 0 unspecified atom stereocenters. The van der Waals surface area contributed by atoms with E-state index in [1.54, 1.807) is 0 Å². The molecule has 0 bridgehead atoms. The van der Waals surface area contributed by atoms with Crippen molar-refractivity contribution in [1.82, 2.24) is 14.7 Å². The number of hydrogen-bond donors (Lipinski definition) is 0. The Morgan fingerprint density at radius 1 is 1.15 bits per heavy atom. The van der Waals surface area contributed by atoms with Gasteiger partial charge < -0.3 is 0 Å². The quantitative estimate of drug-likeness (QED) is 0.803. The van der Waals surface area contributed by atoms with Gasteiger partial charge in [-0.2, -0.15) is 5.10 Å². The number of benzene rings is 1. The molecule has 106 valence electrons. The second-order valence-corrected chi connectivity index (χ2v) is 5.90. The zero-order chi connectivity index (χ0) is 13.8. The van der Waals surface area contributed by atoms with Gasteiger partial charge in [0.25, 0.3) is 0 Å². The zero-order valence-electron chi connectivity index (χ0n) is 12.2. The highest BCUT2D eigenvalue weighted by molar-refractivity contribution is 5.14. The smallest absolute Gasteiger partial charge is 0.0521 e. The van der Waals surface area contributed by atoms with Crippen LogP contribution in [-0.2, 0) is 20.1 Å². The summed E-state index contributed by atoms with van der Waals surface area (Å²) in [7, 11) is 2.03. The van der Waals surface area contributed by atoms with E-state index in [0.29, 0.717) is 0 Å². The van der Waals surface area contributed by atoms with Crippen molar-refractivity contribution in [2.75, 3.05) is 6.54 Å². The predicted octanol–water partition coefficient (Wildman–Crippen LogP) is 3.22. The molecule has 1 saturated carbocycles. The van der Waals surface area contributed by atoms with Crippen LogP contribution < -0.4 is 0 Å². The van der Waals surface area contributed by atoms with Crippen LogP contribution in [0.4, 0.5) is 0 Å². The van der Waals surface area contributed by atoms with Gasteiger partial charge in [0.15, 0.2) is 0 Å². The highest BCUT2D eigenvalue weighted by atomic mass is 15.3. The number of rotatable bonds is 6. The molecule has 3 rings (SSSR count). The maximum Gasteiger partial charge on any atom is 0.0521 e. The van der Waals surface area contributed by atoms with Gasteiger partial charge >= 0.3 is 0 Å². The average Bonchev–Trinajstić information content (AvgIpc) is 2.80. The molecule has 1 aromatic heterocycles. The molecule has 3 nitrogen and oxygen atoms in total. The van der Waals surface area contributed by atoms with Crippen molar-refractivity contribution >= 4 is 0 Å². The highest BCUT2D eigenvalue weighted by Crippen LogP contribution is 2.28. The summed E-state index contributed by atoms with van der Waals surface area (Å²) in [4.78, 5) is 2.57. The first kappa shape index (κ1) is 13.4. The molecule has 0 atom stereocenters. The predicted molar refractivity (Wildman–Crippen MR) is 81.1 cm³/mol. The lowest BCUT2D eigenvalue weighted by molar-refractivity contribution is 0.162. The third kappa shape index (κ3) is 3.28. The number of nitrogens with zero attached hydrogens (tertiary/aromatic N) is 3. The van der Waals surface area contributed by atoms with Gasteiger partial charge in [-0.3, -0.25) is 9.58 Å². The standard InChI is InChI=1S/C17H23N3/c1-19-17(10-11-18-19)14-20(13-16-8-5-9-16)12-15-6-3-2-4-7-15/h2-4,6-7,10-11,16H,5,8-9,12-14H2,1H3. The van der Waals surface area contributed by atoms with Crippen molar-refractivity contribution in [3.05, 3.63) is 53.9 Å². The molecule has 20 heavy (non-hydrogen) atoms. The molecule has 3 heteroatoms. The summed E-state index contributed by atoms with van der Waals surface area (Å²) in [5.41, 5.74) is 2.69. The first-order chi connectivity index (χ1) is 9.81. The first-order valence-electron chi connectivity index (χ1n) is 7.54. The molecular formula is C17H23N3. The van der Waals surface area contributed by atoms with Gasteiger partial charge in [0.1, 0.15) is 0 Å². The summed E-state index contributed by atoms with van der Waals surface area (Å²) in [6.07, 6.45) is 6.10. The minimum Gasteiger partial charge on any atom is -0.293 e. The number of aromatic nitrogens is 2. The van der Waals surface area contributed by atoms with Crippen molar-refractivity contribution in [1.29, 1.82) is 0 Å². The van der Waals surface area contributed by atoms with Crippen molar-refractivity contribution in [2.24, 2.45) is 13.0 Å². The molecule has 0 saturated heterocycles. The van der Waals surface area contributed by atoms with E-state index in [-0.39, 0.29) is 0 Å². The molecule has 0 spiro atoms. The molecular weight excluding hydrogens is 246 g/mol. The van der Waals surface area contributed by atoms with Crippen LogP contribution in [0.5, 0.6) is 0 Å². The second-order valence-electron chi connectivity index (χ2n) is 5.90. The fraction of sp³-hybridized carbons (Fsp3) is 0.471. The lowest BCUT2D eigenvalue weighted by atomic mass is 9.85. The van der Waals surface area contributed by atoms with Gasteiger partial charge in [-0.15, -0.1) is 0 Å². The topological polar surface area (TPSA) is 21.1 Å². The van der Waals surface area contributed by atoms with Gasteiger partial charge in [0.05, 0.1) is 5.69 Å². The molecule has 1 heterocycles. The summed E-state index contributed by atoms with van der Waals surface area (Å²) in [5.74, 6) is 0.895. The Labute approximate surface area is 121 Å². The van der Waals surface area contributed by atoms with E-state index in [1.165, 1.54) is 37.1 Å². The van der Waals surface area contributed by atoms with Crippen LogP contribution in [-0.4, -0.2) is 21.2 Å². The first-order valence-corrected chi connectivity index (χ1v) is 7.54. The van der Waals surface area contributed by atoms with E-state index in [2.05, 4.69) is 46.4 Å². The Kier molecular flexibility index (Phi) is 4.16. The summed E-state index contributed by atoms with van der Waals surface area (Å²) >= 11 is 0. The number of hydrogen-bond acceptors (Lipinski definition) is 2. The molecule has 0 aliphatic heterocycles. The fourth-order valence-corrected chi connectivity index (χ4v) is 2.85. The normalized spacial score (nSPS) is 15.5. The van der Waals surface area contributed by atoms with E-state index in [1.807, 2.05) is 17.9 Å². The largest absolute Gasteiger partial charge is 0.293 e. The van der Waals surface area contributed by atoms with Crippen LogP contribution in [0, 0.1) is 5.92 Å². The average molecular weight is 269 g/mol. The monoisotopic (exact) mass is 269 g/mol. The maximum absolute atomic E-state index is 4.28. The Bertz CT molecular complexity index is 528. The lowest BCUT2D eigenvalue weighted by Gasteiger charge is -2.32. The van der Waals surface area contributed by atoms with Crippen molar-refractivity contribution in [2.45, 2.75) is 32.4 Å². The Morgan fingerprint density at radius 3 is 2.55 bits per heavy atom. The fourth-order valence-electron chi connectivity index (χ4n) is 2.85. The minimum atomic E-state index is 0.895. The van der Waals surface area contributed by atoms with E-state index in [9.17, 15) is 0 Å². The van der Waals surface area contributed by atoms with Gasteiger partial charge in [-0.25, -0.2) is 0 Å². The van der Waals surface area contributed by atoms with Gasteiger partial charge in [-0.1, -0.05) is 36.8 Å². The van der Waals surface area contributed by atoms with E-state index in [4.69, 9.17) is 0 Å². The summed E-state index contributed by atoms with van der Waals surface area (Å²) in [6.45, 7) is 3.23. The molecule has 0 radical (unpaired) electrons. The van der Waals surface area contributed by atoms with Crippen LogP contribution in [0.15, 0.2) is 42.6 Å². The SMILES string of the molecule is Cn1nccc1CN(Cc1ccccc1)CC1CCC1. The summed E-state index contributed by atoms with van der Waals surface area (Å²) in [6, 6.07) is 12.9. The van der Waals surface area contributed by atoms with Crippen LogP contribution in [0.2, 0.25) is 0 Å². The van der Waals surface area contributed by atoms with E-state index < -0.39 is 0 Å². The summed E-state index contributed by atoms with van der Waals surface area (Å²) in [5, 5.41) is 4.28. The highest BCUT2D eigenvalue weighted by Gasteiger charge is 2.21. The Balaban J connectivity index is 1.68. The van der Waals surface area contributed by atoms with E-state index >= 15 is 0 Å². The van der Waals surface area contributed by atoms with Crippen molar-refractivity contribution in [3.63, 3.8) is 0 Å². The maximum atomic E-state index is 4.28. The molecule has 0 N–H and O–H groups in total. The molecule has 2 aromatic rings. The molecule has 1 aliphatic carbocycles. The van der Waals surface area contributed by atoms with Crippen LogP contribution in [0.1, 0.15) is 30.5 Å². The molecule has 1 aromatic carbocycles. The zero-order valence-corrected chi connectivity index (χ0v) is 12.2. The van der Waals surface area contributed by atoms with Crippen LogP contribution in [0.25, 0.3) is 0 Å². The van der Waals surface area contributed by atoms with Gasteiger partial charge in [0.2, 0.25) is 0 Å².